The van der Waals surface area contributed by atoms with Crippen molar-refractivity contribution in [2.45, 2.75) is 6.92 Å². The summed E-state index contributed by atoms with van der Waals surface area (Å²) in [5.41, 5.74) is 0. The lowest BCUT2D eigenvalue weighted by Crippen LogP contribution is -2.52. The van der Waals surface area contributed by atoms with Gasteiger partial charge in [0.05, 0.1) is 24.8 Å². The van der Waals surface area contributed by atoms with Gasteiger partial charge in [0.25, 0.3) is 0 Å². The van der Waals surface area contributed by atoms with Gasteiger partial charge >= 0.3 is 0 Å². The highest BCUT2D eigenvalue weighted by atomic mass is 32.1. The van der Waals surface area contributed by atoms with Crippen LogP contribution in [0.4, 0.5) is 5.00 Å². The Balaban J connectivity index is 1.48. The van der Waals surface area contributed by atoms with E-state index in [9.17, 15) is 0 Å². The van der Waals surface area contributed by atoms with E-state index in [0.29, 0.717) is 0 Å². The van der Waals surface area contributed by atoms with Gasteiger partial charge in [0.1, 0.15) is 0 Å². The molecular formula is C17H29N5OS. The summed E-state index contributed by atoms with van der Waals surface area (Å²) in [6, 6.07) is 4.34. The van der Waals surface area contributed by atoms with E-state index in [2.05, 4.69) is 44.5 Å². The minimum absolute atomic E-state index is 0.855. The first-order valence-electron chi connectivity index (χ1n) is 8.98. The quantitative estimate of drug-likeness (QED) is 0.637. The fourth-order valence-corrected chi connectivity index (χ4v) is 3.92. The Morgan fingerprint density at radius 2 is 2.00 bits per heavy atom. The molecule has 1 aromatic rings. The predicted molar refractivity (Wildman–Crippen MR) is 101 cm³/mol. The molecule has 134 valence electrons. The normalized spacial score (nSPS) is 20.5. The number of ether oxygens (including phenoxy) is 1. The molecule has 2 fully saturated rings. The SMILES string of the molecule is CCNC(=NCCN1CCOCC1)N1CCN(c2cccs2)CC1. The lowest BCUT2D eigenvalue weighted by atomic mass is 10.3. The summed E-state index contributed by atoms with van der Waals surface area (Å²) < 4.78 is 5.40. The number of thiophene rings is 1. The van der Waals surface area contributed by atoms with Crippen LogP contribution in [-0.4, -0.2) is 87.9 Å². The van der Waals surface area contributed by atoms with Gasteiger partial charge in [-0.15, -0.1) is 11.3 Å². The molecule has 3 rings (SSSR count). The summed E-state index contributed by atoms with van der Waals surface area (Å²) in [5.74, 6) is 1.07. The number of guanidine groups is 1. The van der Waals surface area contributed by atoms with E-state index in [4.69, 9.17) is 9.73 Å². The molecule has 2 aliphatic rings. The van der Waals surface area contributed by atoms with Crippen LogP contribution in [0.1, 0.15) is 6.92 Å². The first-order valence-corrected chi connectivity index (χ1v) is 9.86. The van der Waals surface area contributed by atoms with Crippen molar-refractivity contribution in [3.8, 4) is 0 Å². The van der Waals surface area contributed by atoms with Gasteiger partial charge in [-0.3, -0.25) is 9.89 Å². The van der Waals surface area contributed by atoms with E-state index in [0.717, 1.165) is 78.1 Å². The molecule has 0 aliphatic carbocycles. The minimum atomic E-state index is 0.855. The van der Waals surface area contributed by atoms with Crippen molar-refractivity contribution in [2.24, 2.45) is 4.99 Å². The predicted octanol–water partition coefficient (Wildman–Crippen LogP) is 1.17. The van der Waals surface area contributed by atoms with Crippen molar-refractivity contribution in [3.63, 3.8) is 0 Å². The average Bonchev–Trinajstić information content (AvgIpc) is 3.17. The third kappa shape index (κ3) is 4.84. The standard InChI is InChI=1S/C17H29N5OS/c1-2-18-17(19-5-6-20-11-13-23-14-12-20)22-9-7-21(8-10-22)16-4-3-15-24-16/h3-4,15H,2,5-14H2,1H3,(H,18,19). The Hall–Kier alpha value is -1.31. The molecule has 0 aromatic carbocycles. The van der Waals surface area contributed by atoms with Gasteiger partial charge < -0.3 is 19.9 Å². The summed E-state index contributed by atoms with van der Waals surface area (Å²) in [6.45, 7) is 12.9. The van der Waals surface area contributed by atoms with E-state index < -0.39 is 0 Å². The first-order chi connectivity index (χ1) is 11.9. The highest BCUT2D eigenvalue weighted by Crippen LogP contribution is 2.22. The molecule has 0 amide bonds. The zero-order valence-corrected chi connectivity index (χ0v) is 15.4. The Labute approximate surface area is 149 Å². The molecule has 2 aliphatic heterocycles. The number of morpholine rings is 1. The maximum Gasteiger partial charge on any atom is 0.194 e. The maximum atomic E-state index is 5.40. The second kappa shape index (κ2) is 9.25. The molecule has 0 bridgehead atoms. The van der Waals surface area contributed by atoms with E-state index >= 15 is 0 Å². The van der Waals surface area contributed by atoms with E-state index in [1.54, 1.807) is 0 Å². The van der Waals surface area contributed by atoms with Crippen molar-refractivity contribution >= 4 is 22.3 Å². The number of rotatable bonds is 5. The Morgan fingerprint density at radius 3 is 2.67 bits per heavy atom. The number of anilines is 1. The van der Waals surface area contributed by atoms with Crippen molar-refractivity contribution in [1.82, 2.24) is 15.1 Å². The highest BCUT2D eigenvalue weighted by Gasteiger charge is 2.20. The maximum absolute atomic E-state index is 5.40. The lowest BCUT2D eigenvalue weighted by molar-refractivity contribution is 0.0394. The molecule has 7 heteroatoms. The largest absolute Gasteiger partial charge is 0.379 e. The number of nitrogens with one attached hydrogen (secondary N) is 1. The topological polar surface area (TPSA) is 43.3 Å². The summed E-state index contributed by atoms with van der Waals surface area (Å²) in [5, 5.41) is 6.99. The van der Waals surface area contributed by atoms with Gasteiger partial charge in [0.15, 0.2) is 5.96 Å². The molecule has 6 nitrogen and oxygen atoms in total. The molecule has 1 aromatic heterocycles. The molecule has 3 heterocycles. The zero-order chi connectivity index (χ0) is 16.6. The van der Waals surface area contributed by atoms with Crippen LogP contribution in [0, 0.1) is 0 Å². The molecule has 0 unspecified atom stereocenters. The molecule has 1 N–H and O–H groups in total. The minimum Gasteiger partial charge on any atom is -0.379 e. The number of piperazine rings is 1. The summed E-state index contributed by atoms with van der Waals surface area (Å²) in [7, 11) is 0. The summed E-state index contributed by atoms with van der Waals surface area (Å²) in [4.78, 5) is 12.2. The van der Waals surface area contributed by atoms with Crippen LogP contribution in [0.15, 0.2) is 22.5 Å². The van der Waals surface area contributed by atoms with Gasteiger partial charge in [-0.1, -0.05) is 0 Å². The van der Waals surface area contributed by atoms with Crippen LogP contribution in [0.25, 0.3) is 0 Å². The second-order valence-corrected chi connectivity index (χ2v) is 7.04. The van der Waals surface area contributed by atoms with Gasteiger partial charge in [-0.05, 0) is 24.4 Å². The van der Waals surface area contributed by atoms with Gasteiger partial charge in [-0.25, -0.2) is 0 Å². The Kier molecular flexibility index (Phi) is 6.75. The second-order valence-electron chi connectivity index (χ2n) is 6.12. The van der Waals surface area contributed by atoms with Crippen LogP contribution in [-0.2, 0) is 4.74 Å². The van der Waals surface area contributed by atoms with Crippen LogP contribution in [0.3, 0.4) is 0 Å². The third-order valence-corrected chi connectivity index (χ3v) is 5.44. The molecule has 0 radical (unpaired) electrons. The molecule has 24 heavy (non-hydrogen) atoms. The van der Waals surface area contributed by atoms with Crippen LogP contribution in [0.5, 0.6) is 0 Å². The molecule has 0 atom stereocenters. The molecular weight excluding hydrogens is 322 g/mol. The zero-order valence-electron chi connectivity index (χ0n) is 14.6. The molecule has 0 saturated carbocycles. The van der Waals surface area contributed by atoms with Crippen molar-refractivity contribution in [2.75, 3.05) is 77.0 Å². The van der Waals surface area contributed by atoms with E-state index in [-0.39, 0.29) is 0 Å². The van der Waals surface area contributed by atoms with Gasteiger partial charge in [0.2, 0.25) is 0 Å². The van der Waals surface area contributed by atoms with E-state index in [1.807, 2.05) is 11.3 Å². The van der Waals surface area contributed by atoms with Crippen LogP contribution < -0.4 is 10.2 Å². The smallest absolute Gasteiger partial charge is 0.194 e. The third-order valence-electron chi connectivity index (χ3n) is 4.51. The number of aliphatic imine (C=N–C) groups is 1. The fourth-order valence-electron chi connectivity index (χ4n) is 3.14. The molecule has 0 spiro atoms. The average molecular weight is 352 g/mol. The van der Waals surface area contributed by atoms with Crippen LogP contribution >= 0.6 is 11.3 Å². The summed E-state index contributed by atoms with van der Waals surface area (Å²) in [6.07, 6.45) is 0. The Morgan fingerprint density at radius 1 is 1.21 bits per heavy atom. The number of nitrogens with zero attached hydrogens (tertiary/aromatic N) is 4. The van der Waals surface area contributed by atoms with Crippen molar-refractivity contribution in [3.05, 3.63) is 17.5 Å². The number of hydrogen-bond acceptors (Lipinski definition) is 5. The fraction of sp³-hybridized carbons (Fsp3) is 0.706. The van der Waals surface area contributed by atoms with Gasteiger partial charge in [0, 0.05) is 52.4 Å². The van der Waals surface area contributed by atoms with E-state index in [1.165, 1.54) is 5.00 Å². The lowest BCUT2D eigenvalue weighted by Gasteiger charge is -2.37. The first kappa shape index (κ1) is 17.5. The van der Waals surface area contributed by atoms with Crippen molar-refractivity contribution < 1.29 is 4.74 Å². The molecule has 2 saturated heterocycles. The monoisotopic (exact) mass is 351 g/mol. The van der Waals surface area contributed by atoms with Crippen LogP contribution in [0.2, 0.25) is 0 Å². The highest BCUT2D eigenvalue weighted by molar-refractivity contribution is 7.14. The summed E-state index contributed by atoms with van der Waals surface area (Å²) >= 11 is 1.82. The van der Waals surface area contributed by atoms with Crippen molar-refractivity contribution in [1.29, 1.82) is 0 Å². The van der Waals surface area contributed by atoms with Gasteiger partial charge in [-0.2, -0.15) is 0 Å². The number of hydrogen-bond donors (Lipinski definition) is 1. The Bertz CT molecular complexity index is 493.